The molecule has 0 spiro atoms. The number of carbonyl (C=O) groups is 1. The maximum absolute atomic E-state index is 11.7. The van der Waals surface area contributed by atoms with Gasteiger partial charge in [0.15, 0.2) is 0 Å². The van der Waals surface area contributed by atoms with Gasteiger partial charge >= 0.3 is 0 Å². The molecule has 1 heterocycles. The van der Waals surface area contributed by atoms with Crippen molar-refractivity contribution in [3.8, 4) is 0 Å². The molecule has 104 valence electrons. The second kappa shape index (κ2) is 9.58. The van der Waals surface area contributed by atoms with Gasteiger partial charge < -0.3 is 15.0 Å². The largest absolute Gasteiger partial charge is 0.383 e. The number of ether oxygens (including phenoxy) is 1. The Bertz CT molecular complexity index is 361. The molecule has 0 unspecified atom stereocenters. The number of methoxy groups -OCH3 is 1. The summed E-state index contributed by atoms with van der Waals surface area (Å²) >= 11 is 7.33. The lowest BCUT2D eigenvalue weighted by molar-refractivity contribution is -0.129. The summed E-state index contributed by atoms with van der Waals surface area (Å²) < 4.78 is 5.63. The minimum Gasteiger partial charge on any atom is -0.383 e. The zero-order valence-corrected chi connectivity index (χ0v) is 12.8. The Morgan fingerprint density at radius 2 is 2.28 bits per heavy atom. The van der Waals surface area contributed by atoms with Crippen molar-refractivity contribution in [2.45, 2.75) is 6.54 Å². The summed E-state index contributed by atoms with van der Waals surface area (Å²) in [5.74, 6) is 0.0608. The Morgan fingerprint density at radius 1 is 1.56 bits per heavy atom. The second-order valence-corrected chi connectivity index (χ2v) is 5.42. The van der Waals surface area contributed by atoms with Crippen LogP contribution in [0.2, 0.25) is 4.34 Å². The van der Waals surface area contributed by atoms with Gasteiger partial charge in [0.1, 0.15) is 0 Å². The number of hydrogen-bond acceptors (Lipinski definition) is 4. The average molecular weight is 313 g/mol. The molecule has 0 fully saturated rings. The van der Waals surface area contributed by atoms with Gasteiger partial charge in [0, 0.05) is 25.6 Å². The van der Waals surface area contributed by atoms with Crippen LogP contribution in [0, 0.1) is 0 Å². The summed E-state index contributed by atoms with van der Waals surface area (Å²) in [6, 6.07) is 3.78. The predicted octanol–water partition coefficient (Wildman–Crippen LogP) is 2.02. The predicted molar refractivity (Wildman–Crippen MR) is 77.8 cm³/mol. The van der Waals surface area contributed by atoms with Gasteiger partial charge in [0.2, 0.25) is 5.91 Å². The van der Waals surface area contributed by atoms with Gasteiger partial charge in [-0.05, 0) is 12.1 Å². The van der Waals surface area contributed by atoms with Crippen LogP contribution in [-0.2, 0) is 16.1 Å². The lowest BCUT2D eigenvalue weighted by atomic mass is 10.4. The standard InChI is InChI=1S/C11H17ClN2O2S.ClH/c1-14(8-9-3-4-10(12)17-9)11(15)7-13-5-6-16-2;/h3-4,13H,5-8H2,1-2H3;1H. The first kappa shape index (κ1) is 17.7. The topological polar surface area (TPSA) is 41.6 Å². The molecule has 1 aromatic rings. The van der Waals surface area contributed by atoms with E-state index in [0.29, 0.717) is 26.2 Å². The second-order valence-electron chi connectivity index (χ2n) is 3.63. The Labute approximate surface area is 123 Å². The van der Waals surface area contributed by atoms with E-state index in [1.165, 1.54) is 11.3 Å². The summed E-state index contributed by atoms with van der Waals surface area (Å²) in [6.45, 7) is 2.22. The molecule has 7 heteroatoms. The van der Waals surface area contributed by atoms with E-state index in [0.717, 1.165) is 9.21 Å². The van der Waals surface area contributed by atoms with Gasteiger partial charge in [0.05, 0.1) is 24.0 Å². The van der Waals surface area contributed by atoms with Crippen molar-refractivity contribution >= 4 is 41.3 Å². The van der Waals surface area contributed by atoms with Crippen LogP contribution in [0.3, 0.4) is 0 Å². The van der Waals surface area contributed by atoms with Crippen LogP contribution in [0.5, 0.6) is 0 Å². The zero-order valence-electron chi connectivity index (χ0n) is 10.4. The van der Waals surface area contributed by atoms with Crippen molar-refractivity contribution in [2.24, 2.45) is 0 Å². The highest BCUT2D eigenvalue weighted by molar-refractivity contribution is 7.16. The van der Waals surface area contributed by atoms with E-state index in [-0.39, 0.29) is 18.3 Å². The van der Waals surface area contributed by atoms with Crippen molar-refractivity contribution in [3.05, 3.63) is 21.3 Å². The zero-order chi connectivity index (χ0) is 12.7. The van der Waals surface area contributed by atoms with Crippen molar-refractivity contribution < 1.29 is 9.53 Å². The number of hydrogen-bond donors (Lipinski definition) is 1. The van der Waals surface area contributed by atoms with Crippen molar-refractivity contribution in [3.63, 3.8) is 0 Å². The summed E-state index contributed by atoms with van der Waals surface area (Å²) in [4.78, 5) is 14.5. The number of amides is 1. The molecule has 0 bridgehead atoms. The Morgan fingerprint density at radius 3 is 2.83 bits per heavy atom. The number of nitrogens with zero attached hydrogens (tertiary/aromatic N) is 1. The van der Waals surface area contributed by atoms with Crippen LogP contribution in [0.15, 0.2) is 12.1 Å². The number of halogens is 2. The molecule has 0 aliphatic rings. The third kappa shape index (κ3) is 6.56. The maximum atomic E-state index is 11.7. The molecule has 0 aliphatic carbocycles. The van der Waals surface area contributed by atoms with Crippen LogP contribution in [0.1, 0.15) is 4.88 Å². The van der Waals surface area contributed by atoms with Gasteiger partial charge in [-0.15, -0.1) is 23.7 Å². The van der Waals surface area contributed by atoms with E-state index in [1.807, 2.05) is 12.1 Å². The van der Waals surface area contributed by atoms with E-state index < -0.39 is 0 Å². The third-order valence-electron chi connectivity index (χ3n) is 2.21. The number of carbonyl (C=O) groups excluding carboxylic acids is 1. The molecule has 0 atom stereocenters. The number of rotatable bonds is 7. The maximum Gasteiger partial charge on any atom is 0.236 e. The molecular weight excluding hydrogens is 295 g/mol. The molecule has 0 radical (unpaired) electrons. The van der Waals surface area contributed by atoms with E-state index >= 15 is 0 Å². The molecule has 1 amide bonds. The van der Waals surface area contributed by atoms with Crippen LogP contribution >= 0.6 is 35.3 Å². The molecule has 1 N–H and O–H groups in total. The monoisotopic (exact) mass is 312 g/mol. The lowest BCUT2D eigenvalue weighted by Crippen LogP contribution is -2.36. The first-order chi connectivity index (χ1) is 8.13. The first-order valence-electron chi connectivity index (χ1n) is 5.31. The number of thiophene rings is 1. The summed E-state index contributed by atoms with van der Waals surface area (Å²) in [6.07, 6.45) is 0. The summed E-state index contributed by atoms with van der Waals surface area (Å²) in [5, 5.41) is 3.02. The average Bonchev–Trinajstić information content (AvgIpc) is 2.70. The molecule has 0 aliphatic heterocycles. The fourth-order valence-electron chi connectivity index (χ4n) is 1.26. The van der Waals surface area contributed by atoms with Gasteiger partial charge in [-0.3, -0.25) is 4.79 Å². The van der Waals surface area contributed by atoms with Gasteiger partial charge in [-0.25, -0.2) is 0 Å². The van der Waals surface area contributed by atoms with Crippen LogP contribution in [0.4, 0.5) is 0 Å². The molecule has 0 saturated carbocycles. The smallest absolute Gasteiger partial charge is 0.236 e. The van der Waals surface area contributed by atoms with Crippen LogP contribution < -0.4 is 5.32 Å². The minimum absolute atomic E-state index is 0. The highest BCUT2D eigenvalue weighted by Crippen LogP contribution is 2.22. The van der Waals surface area contributed by atoms with Gasteiger partial charge in [-0.2, -0.15) is 0 Å². The Kier molecular flexibility index (Phi) is 9.40. The van der Waals surface area contributed by atoms with E-state index in [4.69, 9.17) is 16.3 Å². The van der Waals surface area contributed by atoms with Crippen molar-refractivity contribution in [2.75, 3.05) is 33.9 Å². The molecule has 0 saturated heterocycles. The fourth-order valence-corrected chi connectivity index (χ4v) is 2.40. The SMILES string of the molecule is COCCNCC(=O)N(C)Cc1ccc(Cl)s1.Cl. The van der Waals surface area contributed by atoms with Crippen molar-refractivity contribution in [1.82, 2.24) is 10.2 Å². The Balaban J connectivity index is 0.00000289. The normalized spacial score (nSPS) is 9.94. The molecule has 1 rings (SSSR count). The van der Waals surface area contributed by atoms with E-state index in [9.17, 15) is 4.79 Å². The van der Waals surface area contributed by atoms with Crippen LogP contribution in [-0.4, -0.2) is 44.7 Å². The lowest BCUT2D eigenvalue weighted by Gasteiger charge is -2.16. The van der Waals surface area contributed by atoms with E-state index in [1.54, 1.807) is 19.1 Å². The molecule has 4 nitrogen and oxygen atoms in total. The summed E-state index contributed by atoms with van der Waals surface area (Å²) in [5.41, 5.74) is 0. The van der Waals surface area contributed by atoms with Gasteiger partial charge in [0.25, 0.3) is 0 Å². The molecule has 0 aromatic carbocycles. The summed E-state index contributed by atoms with van der Waals surface area (Å²) in [7, 11) is 3.42. The Hall–Kier alpha value is -0.330. The van der Waals surface area contributed by atoms with Crippen LogP contribution in [0.25, 0.3) is 0 Å². The number of likely N-dealkylation sites (N-methyl/N-ethyl adjacent to an activating group) is 1. The van der Waals surface area contributed by atoms with E-state index in [2.05, 4.69) is 5.32 Å². The van der Waals surface area contributed by atoms with Crippen molar-refractivity contribution in [1.29, 1.82) is 0 Å². The van der Waals surface area contributed by atoms with Gasteiger partial charge in [-0.1, -0.05) is 11.6 Å². The highest BCUT2D eigenvalue weighted by Gasteiger charge is 2.09. The quantitative estimate of drug-likeness (QED) is 0.783. The minimum atomic E-state index is 0. The third-order valence-corrected chi connectivity index (χ3v) is 3.42. The molecule has 18 heavy (non-hydrogen) atoms. The fraction of sp³-hybridized carbons (Fsp3) is 0.545. The highest BCUT2D eigenvalue weighted by atomic mass is 35.5. The first-order valence-corrected chi connectivity index (χ1v) is 6.50. The molecular formula is C11H18Cl2N2O2S. The number of nitrogens with one attached hydrogen (secondary N) is 1. The molecule has 1 aromatic heterocycles.